The van der Waals surface area contributed by atoms with E-state index in [0.717, 1.165) is 29.9 Å². The van der Waals surface area contributed by atoms with E-state index >= 15 is 4.48 Å². The SMILES string of the molecule is CN1CCC[C@H]1COc1nc(C2C3C(Br)C(Cl)C(CN2C(=O)OC(C)(C)C)N3F)c2ccccc2n1. The summed E-state index contributed by atoms with van der Waals surface area (Å²) >= 11 is 10.2. The molecule has 1 aromatic heterocycles. The van der Waals surface area contributed by atoms with E-state index in [2.05, 4.69) is 32.9 Å². The minimum Gasteiger partial charge on any atom is -0.462 e. The number of halogens is 3. The summed E-state index contributed by atoms with van der Waals surface area (Å²) in [5.41, 5.74) is 0.472. The molecular weight excluding hydrogens is 553 g/mol. The topological polar surface area (TPSA) is 71.0 Å². The number of likely N-dealkylation sites (tertiary alicyclic amines) is 2. The first-order chi connectivity index (χ1) is 17.0. The molecule has 4 heterocycles. The first-order valence-electron chi connectivity index (χ1n) is 12.4. The van der Waals surface area contributed by atoms with Crippen LogP contribution in [0.25, 0.3) is 10.9 Å². The summed E-state index contributed by atoms with van der Waals surface area (Å²) in [6.07, 6.45) is 1.65. The number of nitrogens with zero attached hydrogens (tertiary/aromatic N) is 5. The van der Waals surface area contributed by atoms with Crippen molar-refractivity contribution in [2.24, 2.45) is 0 Å². The lowest BCUT2D eigenvalue weighted by molar-refractivity contribution is -0.104. The van der Waals surface area contributed by atoms with Crippen LogP contribution in [0.5, 0.6) is 6.01 Å². The molecule has 2 bridgehead atoms. The maximum Gasteiger partial charge on any atom is 0.410 e. The Morgan fingerprint density at radius 1 is 1.28 bits per heavy atom. The van der Waals surface area contributed by atoms with E-state index in [1.165, 1.54) is 0 Å². The molecule has 3 aliphatic heterocycles. The van der Waals surface area contributed by atoms with Gasteiger partial charge in [0.25, 0.3) is 0 Å². The third-order valence-corrected chi connectivity index (χ3v) is 9.22. The highest BCUT2D eigenvalue weighted by Gasteiger charge is 2.59. The first kappa shape index (κ1) is 25.9. The molecule has 1 amide bonds. The molecule has 196 valence electrons. The van der Waals surface area contributed by atoms with E-state index in [1.54, 1.807) is 4.90 Å². The Kier molecular flexibility index (Phi) is 7.08. The van der Waals surface area contributed by atoms with Crippen molar-refractivity contribution in [3.8, 4) is 6.01 Å². The second kappa shape index (κ2) is 9.85. The Morgan fingerprint density at radius 3 is 2.72 bits per heavy atom. The number of piperazine rings is 1. The van der Waals surface area contributed by atoms with E-state index in [4.69, 9.17) is 26.1 Å². The van der Waals surface area contributed by atoms with E-state index in [1.807, 2.05) is 45.0 Å². The normalized spacial score (nSPS) is 31.2. The first-order valence-corrected chi connectivity index (χ1v) is 13.7. The van der Waals surface area contributed by atoms with E-state index in [9.17, 15) is 4.79 Å². The number of hydrogen-bond acceptors (Lipinski definition) is 7. The average molecular weight is 585 g/mol. The van der Waals surface area contributed by atoms with Crippen molar-refractivity contribution < 1.29 is 18.7 Å². The molecule has 6 atom stereocenters. The second-order valence-electron chi connectivity index (χ2n) is 10.9. The Hall–Kier alpha value is -1.75. The zero-order valence-electron chi connectivity index (χ0n) is 20.9. The lowest BCUT2D eigenvalue weighted by Gasteiger charge is -2.43. The summed E-state index contributed by atoms with van der Waals surface area (Å²) in [5.74, 6) is 0. The fraction of sp³-hybridized carbons (Fsp3) is 0.640. The van der Waals surface area contributed by atoms with Gasteiger partial charge in [-0.1, -0.05) is 34.1 Å². The molecule has 3 aliphatic rings. The molecule has 5 unspecified atom stereocenters. The quantitative estimate of drug-likeness (QED) is 0.381. The zero-order chi connectivity index (χ0) is 25.8. The van der Waals surface area contributed by atoms with Crippen LogP contribution in [0.15, 0.2) is 24.3 Å². The number of aromatic nitrogens is 2. The van der Waals surface area contributed by atoms with Crippen LogP contribution in [-0.4, -0.2) is 91.7 Å². The number of likely N-dealkylation sites (N-methyl/N-ethyl adjacent to an activating group) is 1. The van der Waals surface area contributed by atoms with Gasteiger partial charge in [-0.25, -0.2) is 4.79 Å². The summed E-state index contributed by atoms with van der Waals surface area (Å²) < 4.78 is 27.4. The molecule has 5 rings (SSSR count). The predicted octanol–water partition coefficient (Wildman–Crippen LogP) is 4.70. The fourth-order valence-electron chi connectivity index (χ4n) is 5.43. The van der Waals surface area contributed by atoms with Crippen LogP contribution in [0, 0.1) is 0 Å². The van der Waals surface area contributed by atoms with Crippen molar-refractivity contribution in [3.05, 3.63) is 30.0 Å². The van der Waals surface area contributed by atoms with Crippen LogP contribution in [0.2, 0.25) is 0 Å². The highest BCUT2D eigenvalue weighted by atomic mass is 79.9. The maximum atomic E-state index is 15.6. The smallest absolute Gasteiger partial charge is 0.410 e. The van der Waals surface area contributed by atoms with Gasteiger partial charge in [0.15, 0.2) is 0 Å². The molecule has 0 aliphatic carbocycles. The molecule has 2 aromatic rings. The molecule has 0 N–H and O–H groups in total. The molecule has 0 saturated carbocycles. The molecule has 8 nitrogen and oxygen atoms in total. The number of ether oxygens (including phenoxy) is 2. The Labute approximate surface area is 224 Å². The number of alkyl halides is 2. The second-order valence-corrected chi connectivity index (χ2v) is 12.4. The van der Waals surface area contributed by atoms with Crippen molar-refractivity contribution in [1.29, 1.82) is 0 Å². The highest BCUT2D eigenvalue weighted by molar-refractivity contribution is 9.09. The lowest BCUT2D eigenvalue weighted by atomic mass is 9.97. The Bertz CT molecular complexity index is 1130. The van der Waals surface area contributed by atoms with Crippen LogP contribution in [-0.2, 0) is 4.74 Å². The highest BCUT2D eigenvalue weighted by Crippen LogP contribution is 2.48. The average Bonchev–Trinajstić information content (AvgIpc) is 3.28. The van der Waals surface area contributed by atoms with Crippen molar-refractivity contribution >= 4 is 44.5 Å². The molecule has 36 heavy (non-hydrogen) atoms. The summed E-state index contributed by atoms with van der Waals surface area (Å²) in [7, 11) is 2.08. The van der Waals surface area contributed by atoms with E-state index in [-0.39, 0.29) is 18.6 Å². The third kappa shape index (κ3) is 4.77. The van der Waals surface area contributed by atoms with Gasteiger partial charge in [-0.05, 0) is 53.3 Å². The van der Waals surface area contributed by atoms with Crippen LogP contribution in [0.1, 0.15) is 45.3 Å². The summed E-state index contributed by atoms with van der Waals surface area (Å²) in [6, 6.07) is 5.84. The molecule has 0 radical (unpaired) electrons. The molecule has 3 saturated heterocycles. The van der Waals surface area contributed by atoms with Gasteiger partial charge in [0.05, 0.1) is 39.5 Å². The van der Waals surface area contributed by atoms with Gasteiger partial charge >= 0.3 is 12.1 Å². The van der Waals surface area contributed by atoms with Crippen molar-refractivity contribution in [2.75, 3.05) is 26.7 Å². The molecule has 0 spiro atoms. The minimum atomic E-state index is -0.765. The number of rotatable bonds is 4. The van der Waals surface area contributed by atoms with Gasteiger partial charge in [0.1, 0.15) is 12.2 Å². The van der Waals surface area contributed by atoms with E-state index < -0.39 is 40.0 Å². The van der Waals surface area contributed by atoms with Gasteiger partial charge in [-0.2, -0.15) is 9.97 Å². The Balaban J connectivity index is 1.57. The van der Waals surface area contributed by atoms with Gasteiger partial charge in [0.2, 0.25) is 0 Å². The number of carbonyl (C=O) groups is 1. The van der Waals surface area contributed by atoms with Crippen LogP contribution in [0.4, 0.5) is 9.28 Å². The van der Waals surface area contributed by atoms with Crippen LogP contribution in [0.3, 0.4) is 0 Å². The van der Waals surface area contributed by atoms with Gasteiger partial charge in [-0.3, -0.25) is 4.90 Å². The fourth-order valence-corrected chi connectivity index (χ4v) is 6.63. The van der Waals surface area contributed by atoms with Crippen LogP contribution >= 0.6 is 27.5 Å². The van der Waals surface area contributed by atoms with Crippen LogP contribution < -0.4 is 4.74 Å². The van der Waals surface area contributed by atoms with Crippen molar-refractivity contribution in [2.45, 2.75) is 73.6 Å². The number of carbonyl (C=O) groups excluding carboxylic acids is 1. The third-order valence-electron chi connectivity index (χ3n) is 7.24. The van der Waals surface area contributed by atoms with Gasteiger partial charge in [-0.15, -0.1) is 21.2 Å². The monoisotopic (exact) mass is 583 g/mol. The van der Waals surface area contributed by atoms with Gasteiger partial charge in [0, 0.05) is 18.0 Å². The summed E-state index contributed by atoms with van der Waals surface area (Å²) in [5, 5.41) is 0.968. The number of amides is 1. The zero-order valence-corrected chi connectivity index (χ0v) is 23.2. The minimum absolute atomic E-state index is 0.0736. The largest absolute Gasteiger partial charge is 0.462 e. The predicted molar refractivity (Wildman–Crippen MR) is 139 cm³/mol. The molecule has 1 aromatic carbocycles. The number of para-hydroxylation sites is 1. The van der Waals surface area contributed by atoms with Gasteiger partial charge < -0.3 is 14.4 Å². The standard InChI is InChI=1S/C25H32BrClFN5O3/c1-25(2,3)36-24(34)32-12-17-19(27)18(26)21(33(17)28)22(32)20-15-9-5-6-10-16(15)29-23(30-20)35-13-14-8-7-11-31(14)4/h5-6,9-10,14,17-19,21-22H,7-8,11-13H2,1-4H3/t14-,17?,18?,19?,21?,22?/m0/s1. The molecular formula is C25H32BrClFN5O3. The number of benzene rings is 1. The Morgan fingerprint density at radius 2 is 2.03 bits per heavy atom. The summed E-state index contributed by atoms with van der Waals surface area (Å²) in [6.45, 7) is 6.99. The lowest BCUT2D eigenvalue weighted by Crippen LogP contribution is -2.56. The molecule has 3 fully saturated rings. The maximum absolute atomic E-state index is 15.6. The van der Waals surface area contributed by atoms with E-state index in [0.29, 0.717) is 17.8 Å². The number of fused-ring (bicyclic) bond motifs is 3. The molecule has 11 heteroatoms. The number of hydrogen-bond donors (Lipinski definition) is 0. The van der Waals surface area contributed by atoms with Crippen molar-refractivity contribution in [1.82, 2.24) is 24.9 Å². The van der Waals surface area contributed by atoms with Crippen molar-refractivity contribution in [3.63, 3.8) is 0 Å². The summed E-state index contributed by atoms with van der Waals surface area (Å²) in [4.78, 5) is 26.3.